The first-order chi connectivity index (χ1) is 9.20. The molecule has 0 aromatic rings. The first kappa shape index (κ1) is 18.4. The highest BCUT2D eigenvalue weighted by Gasteiger charge is 1.99. The van der Waals surface area contributed by atoms with E-state index >= 15 is 0 Å². The average Bonchev–Trinajstić information content (AvgIpc) is 2.38. The van der Waals surface area contributed by atoms with Crippen molar-refractivity contribution in [1.82, 2.24) is 0 Å². The number of hydrogen-bond donors (Lipinski definition) is 0. The SMILES string of the molecule is CCCCCCCC(=O)/C=C(/C)CCCCCCC. The summed E-state index contributed by atoms with van der Waals surface area (Å²) < 4.78 is 0. The maximum Gasteiger partial charge on any atom is 0.155 e. The predicted molar refractivity (Wildman–Crippen MR) is 85.5 cm³/mol. The summed E-state index contributed by atoms with van der Waals surface area (Å²) >= 11 is 0. The Bertz CT molecular complexity index is 240. The standard InChI is InChI=1S/C18H34O/c1-4-6-8-10-12-14-17(3)16-18(19)15-13-11-9-7-5-2/h16H,4-15H2,1-3H3/b17-16-. The number of hydrogen-bond acceptors (Lipinski definition) is 1. The van der Waals surface area contributed by atoms with E-state index in [1.165, 1.54) is 63.4 Å². The van der Waals surface area contributed by atoms with Gasteiger partial charge in [0.15, 0.2) is 5.78 Å². The lowest BCUT2D eigenvalue weighted by Crippen LogP contribution is -1.94. The van der Waals surface area contributed by atoms with E-state index in [0.717, 1.165) is 19.3 Å². The van der Waals surface area contributed by atoms with E-state index in [4.69, 9.17) is 0 Å². The van der Waals surface area contributed by atoms with Crippen LogP contribution < -0.4 is 0 Å². The molecule has 0 saturated carbocycles. The van der Waals surface area contributed by atoms with Crippen LogP contribution in [0.25, 0.3) is 0 Å². The van der Waals surface area contributed by atoms with Gasteiger partial charge in [0.1, 0.15) is 0 Å². The molecule has 0 aromatic heterocycles. The van der Waals surface area contributed by atoms with E-state index in [1.807, 2.05) is 6.08 Å². The first-order valence-corrected chi connectivity index (χ1v) is 8.40. The van der Waals surface area contributed by atoms with E-state index in [9.17, 15) is 4.79 Å². The van der Waals surface area contributed by atoms with E-state index in [-0.39, 0.29) is 0 Å². The molecule has 0 radical (unpaired) electrons. The van der Waals surface area contributed by atoms with Crippen molar-refractivity contribution in [2.75, 3.05) is 0 Å². The molecule has 0 N–H and O–H groups in total. The Kier molecular flexibility index (Phi) is 13.4. The fourth-order valence-corrected chi connectivity index (χ4v) is 2.33. The van der Waals surface area contributed by atoms with Crippen LogP contribution in [0.4, 0.5) is 0 Å². The molecule has 0 fully saturated rings. The van der Waals surface area contributed by atoms with Crippen molar-refractivity contribution in [1.29, 1.82) is 0 Å². The highest BCUT2D eigenvalue weighted by atomic mass is 16.1. The molecule has 0 spiro atoms. The third-order valence-corrected chi connectivity index (χ3v) is 3.61. The molecule has 0 aromatic carbocycles. The molecule has 0 saturated heterocycles. The van der Waals surface area contributed by atoms with Crippen LogP contribution >= 0.6 is 0 Å². The summed E-state index contributed by atoms with van der Waals surface area (Å²) in [4.78, 5) is 11.7. The van der Waals surface area contributed by atoms with Gasteiger partial charge in [-0.05, 0) is 32.3 Å². The lowest BCUT2D eigenvalue weighted by Gasteiger charge is -2.02. The topological polar surface area (TPSA) is 17.1 Å². The van der Waals surface area contributed by atoms with Gasteiger partial charge in [0.25, 0.3) is 0 Å². The average molecular weight is 266 g/mol. The number of unbranched alkanes of at least 4 members (excludes halogenated alkanes) is 8. The zero-order valence-corrected chi connectivity index (χ0v) is 13.5. The lowest BCUT2D eigenvalue weighted by atomic mass is 10.0. The third-order valence-electron chi connectivity index (χ3n) is 3.61. The summed E-state index contributed by atoms with van der Waals surface area (Å²) in [5, 5.41) is 0. The van der Waals surface area contributed by atoms with Gasteiger partial charge >= 0.3 is 0 Å². The van der Waals surface area contributed by atoms with Crippen molar-refractivity contribution in [3.05, 3.63) is 11.6 Å². The summed E-state index contributed by atoms with van der Waals surface area (Å²) in [6, 6.07) is 0. The minimum Gasteiger partial charge on any atom is -0.295 e. The number of carbonyl (C=O) groups is 1. The maximum absolute atomic E-state index is 11.7. The van der Waals surface area contributed by atoms with E-state index in [1.54, 1.807) is 0 Å². The fraction of sp³-hybridized carbons (Fsp3) is 0.833. The quantitative estimate of drug-likeness (QED) is 0.285. The van der Waals surface area contributed by atoms with Crippen molar-refractivity contribution < 1.29 is 4.79 Å². The smallest absolute Gasteiger partial charge is 0.155 e. The molecule has 0 aliphatic rings. The van der Waals surface area contributed by atoms with Gasteiger partial charge in [0.05, 0.1) is 0 Å². The van der Waals surface area contributed by atoms with Crippen LogP contribution in [0.5, 0.6) is 0 Å². The van der Waals surface area contributed by atoms with Crippen molar-refractivity contribution in [2.45, 2.75) is 97.8 Å². The van der Waals surface area contributed by atoms with E-state index in [0.29, 0.717) is 5.78 Å². The van der Waals surface area contributed by atoms with Gasteiger partial charge in [0, 0.05) is 6.42 Å². The highest BCUT2D eigenvalue weighted by Crippen LogP contribution is 2.12. The molecule has 0 heterocycles. The second-order valence-corrected chi connectivity index (χ2v) is 5.79. The number of carbonyl (C=O) groups excluding carboxylic acids is 1. The zero-order valence-electron chi connectivity index (χ0n) is 13.5. The second kappa shape index (κ2) is 13.8. The molecule has 1 nitrogen and oxygen atoms in total. The van der Waals surface area contributed by atoms with Gasteiger partial charge in [-0.2, -0.15) is 0 Å². The van der Waals surface area contributed by atoms with Crippen molar-refractivity contribution in [3.8, 4) is 0 Å². The Morgan fingerprint density at radius 3 is 1.74 bits per heavy atom. The van der Waals surface area contributed by atoms with Gasteiger partial charge in [-0.15, -0.1) is 0 Å². The molecule has 0 rings (SSSR count). The minimum absolute atomic E-state index is 0.336. The third kappa shape index (κ3) is 13.6. The van der Waals surface area contributed by atoms with Crippen LogP contribution in [0.2, 0.25) is 0 Å². The molecule has 19 heavy (non-hydrogen) atoms. The Morgan fingerprint density at radius 2 is 1.21 bits per heavy atom. The van der Waals surface area contributed by atoms with Crippen LogP contribution in [0.1, 0.15) is 97.8 Å². The second-order valence-electron chi connectivity index (χ2n) is 5.79. The molecular weight excluding hydrogens is 232 g/mol. The molecule has 0 aliphatic carbocycles. The Labute approximate surface area is 120 Å². The summed E-state index contributed by atoms with van der Waals surface area (Å²) in [5.41, 5.74) is 1.27. The molecule has 0 bridgehead atoms. The molecule has 0 atom stereocenters. The highest BCUT2D eigenvalue weighted by molar-refractivity contribution is 5.90. The van der Waals surface area contributed by atoms with Gasteiger partial charge < -0.3 is 0 Å². The van der Waals surface area contributed by atoms with Gasteiger partial charge in [-0.1, -0.05) is 70.8 Å². The van der Waals surface area contributed by atoms with E-state index in [2.05, 4.69) is 20.8 Å². The van der Waals surface area contributed by atoms with Crippen LogP contribution in [-0.4, -0.2) is 5.78 Å². The van der Waals surface area contributed by atoms with Crippen LogP contribution in [0.3, 0.4) is 0 Å². The lowest BCUT2D eigenvalue weighted by molar-refractivity contribution is -0.114. The van der Waals surface area contributed by atoms with Gasteiger partial charge in [0.2, 0.25) is 0 Å². The molecule has 0 aliphatic heterocycles. The minimum atomic E-state index is 0.336. The first-order valence-electron chi connectivity index (χ1n) is 8.40. The Balaban J connectivity index is 3.55. The monoisotopic (exact) mass is 266 g/mol. The maximum atomic E-state index is 11.7. The van der Waals surface area contributed by atoms with Crippen LogP contribution in [0, 0.1) is 0 Å². The van der Waals surface area contributed by atoms with Crippen molar-refractivity contribution in [3.63, 3.8) is 0 Å². The van der Waals surface area contributed by atoms with Gasteiger partial charge in [-0.3, -0.25) is 4.79 Å². The number of ketones is 1. The number of rotatable bonds is 13. The molecule has 112 valence electrons. The zero-order chi connectivity index (χ0) is 14.3. The molecule has 0 amide bonds. The van der Waals surface area contributed by atoms with Gasteiger partial charge in [-0.25, -0.2) is 0 Å². The normalized spacial score (nSPS) is 11.8. The molecule has 0 unspecified atom stereocenters. The number of allylic oxidation sites excluding steroid dienone is 2. The van der Waals surface area contributed by atoms with Crippen LogP contribution in [-0.2, 0) is 4.79 Å². The Morgan fingerprint density at radius 1 is 0.737 bits per heavy atom. The summed E-state index contributed by atoms with van der Waals surface area (Å²) in [6.07, 6.45) is 16.4. The van der Waals surface area contributed by atoms with Crippen molar-refractivity contribution in [2.24, 2.45) is 0 Å². The summed E-state index contributed by atoms with van der Waals surface area (Å²) in [5.74, 6) is 0.336. The predicted octanol–water partition coefficient (Wildman–Crippen LogP) is 6.22. The van der Waals surface area contributed by atoms with Crippen molar-refractivity contribution >= 4 is 5.78 Å². The fourth-order valence-electron chi connectivity index (χ4n) is 2.33. The summed E-state index contributed by atoms with van der Waals surface area (Å²) in [6.45, 7) is 6.57. The summed E-state index contributed by atoms with van der Waals surface area (Å²) in [7, 11) is 0. The molecular formula is C18H34O. The Hall–Kier alpha value is -0.590. The van der Waals surface area contributed by atoms with E-state index < -0.39 is 0 Å². The largest absolute Gasteiger partial charge is 0.295 e. The molecule has 1 heteroatoms. The van der Waals surface area contributed by atoms with Crippen LogP contribution in [0.15, 0.2) is 11.6 Å².